The molecule has 3 N–H and O–H groups in total. The summed E-state index contributed by atoms with van der Waals surface area (Å²) in [5, 5.41) is 21.5. The third kappa shape index (κ3) is 4.09. The van der Waals surface area contributed by atoms with Crippen molar-refractivity contribution in [2.75, 3.05) is 6.54 Å². The predicted octanol–water partition coefficient (Wildman–Crippen LogP) is 2.27. The molecule has 8 heteroatoms. The molecule has 0 aliphatic carbocycles. The molecule has 1 aromatic carbocycles. The molecule has 0 bridgehead atoms. The maximum absolute atomic E-state index is 13.0. The summed E-state index contributed by atoms with van der Waals surface area (Å²) < 4.78 is 0. The second-order valence-corrected chi connectivity index (χ2v) is 7.82. The number of hydrogen-bond acceptors (Lipinski definition) is 4. The third-order valence-corrected chi connectivity index (χ3v) is 4.83. The lowest BCUT2D eigenvalue weighted by atomic mass is 9.85. The first-order valence-electron chi connectivity index (χ1n) is 8.35. The van der Waals surface area contributed by atoms with E-state index in [2.05, 4.69) is 5.32 Å². The molecule has 26 heavy (non-hydrogen) atoms. The number of rotatable bonds is 4. The number of carboxylic acids is 1. The van der Waals surface area contributed by atoms with E-state index in [0.29, 0.717) is 19.4 Å². The minimum absolute atomic E-state index is 0.0462. The zero-order chi connectivity index (χ0) is 19.6. The Bertz CT molecular complexity index is 729. The highest BCUT2D eigenvalue weighted by Gasteiger charge is 2.42. The van der Waals surface area contributed by atoms with Gasteiger partial charge in [0.25, 0.3) is 5.91 Å². The minimum Gasteiger partial charge on any atom is -0.506 e. The van der Waals surface area contributed by atoms with Crippen molar-refractivity contribution in [1.82, 2.24) is 10.2 Å². The lowest BCUT2D eigenvalue weighted by Gasteiger charge is -2.35. The molecule has 1 fully saturated rings. The van der Waals surface area contributed by atoms with Crippen molar-refractivity contribution in [2.24, 2.45) is 5.41 Å². The molecule has 2 atom stereocenters. The molecule has 0 aromatic heterocycles. The SMILES string of the molecule is CC(C)(C)[C@H](NC(=O)c1cccc(O)c1Cl)C(=O)N1CCC[C@H]1C(=O)O. The van der Waals surface area contributed by atoms with Gasteiger partial charge in [-0.05, 0) is 30.4 Å². The van der Waals surface area contributed by atoms with Crippen LogP contribution >= 0.6 is 11.6 Å². The highest BCUT2D eigenvalue weighted by Crippen LogP contribution is 2.29. The lowest BCUT2D eigenvalue weighted by molar-refractivity contribution is -0.150. The molecule has 0 spiro atoms. The Labute approximate surface area is 156 Å². The number of aliphatic carboxylic acids is 1. The summed E-state index contributed by atoms with van der Waals surface area (Å²) in [4.78, 5) is 38.3. The molecule has 7 nitrogen and oxygen atoms in total. The van der Waals surface area contributed by atoms with Crippen molar-refractivity contribution in [3.63, 3.8) is 0 Å². The fourth-order valence-corrected chi connectivity index (χ4v) is 3.22. The summed E-state index contributed by atoms with van der Waals surface area (Å²) in [7, 11) is 0. The van der Waals surface area contributed by atoms with Crippen LogP contribution in [0, 0.1) is 5.41 Å². The number of carboxylic acid groups (broad SMARTS) is 1. The lowest BCUT2D eigenvalue weighted by Crippen LogP contribution is -2.56. The fourth-order valence-electron chi connectivity index (χ4n) is 3.01. The van der Waals surface area contributed by atoms with E-state index in [1.54, 1.807) is 20.8 Å². The van der Waals surface area contributed by atoms with Gasteiger partial charge in [0.1, 0.15) is 17.8 Å². The number of phenolic OH excluding ortho intramolecular Hbond substituents is 1. The van der Waals surface area contributed by atoms with Gasteiger partial charge in [-0.2, -0.15) is 0 Å². The van der Waals surface area contributed by atoms with Gasteiger partial charge in [0.15, 0.2) is 0 Å². The molecule has 0 unspecified atom stereocenters. The first-order chi connectivity index (χ1) is 12.0. The van der Waals surface area contributed by atoms with E-state index >= 15 is 0 Å². The van der Waals surface area contributed by atoms with Crippen molar-refractivity contribution in [3.05, 3.63) is 28.8 Å². The van der Waals surface area contributed by atoms with Gasteiger partial charge in [0.2, 0.25) is 5.91 Å². The van der Waals surface area contributed by atoms with Crippen LogP contribution in [-0.2, 0) is 9.59 Å². The summed E-state index contributed by atoms with van der Waals surface area (Å²) in [6.07, 6.45) is 0.996. The molecule has 1 aromatic rings. The maximum atomic E-state index is 13.0. The van der Waals surface area contributed by atoms with Crippen molar-refractivity contribution in [3.8, 4) is 5.75 Å². The molecule has 1 aliphatic rings. The van der Waals surface area contributed by atoms with Crippen LogP contribution in [0.1, 0.15) is 44.0 Å². The maximum Gasteiger partial charge on any atom is 0.326 e. The van der Waals surface area contributed by atoms with Crippen LogP contribution in [0.15, 0.2) is 18.2 Å². The molecular formula is C18H23ClN2O5. The van der Waals surface area contributed by atoms with Gasteiger partial charge >= 0.3 is 5.97 Å². The van der Waals surface area contributed by atoms with Gasteiger partial charge in [0.05, 0.1) is 10.6 Å². The molecule has 1 saturated heterocycles. The van der Waals surface area contributed by atoms with Crippen molar-refractivity contribution in [2.45, 2.75) is 45.7 Å². The number of carbonyl (C=O) groups excluding carboxylic acids is 2. The molecule has 1 aliphatic heterocycles. The highest BCUT2D eigenvalue weighted by molar-refractivity contribution is 6.35. The monoisotopic (exact) mass is 382 g/mol. The van der Waals surface area contributed by atoms with Crippen molar-refractivity contribution < 1.29 is 24.6 Å². The van der Waals surface area contributed by atoms with Crippen LogP contribution in [0.25, 0.3) is 0 Å². The Morgan fingerprint density at radius 2 is 1.96 bits per heavy atom. The number of hydrogen-bond donors (Lipinski definition) is 3. The third-order valence-electron chi connectivity index (χ3n) is 4.43. The summed E-state index contributed by atoms with van der Waals surface area (Å²) in [6, 6.07) is 2.46. The number of amides is 2. The van der Waals surface area contributed by atoms with Crippen LogP contribution in [0.2, 0.25) is 5.02 Å². The molecule has 0 radical (unpaired) electrons. The summed E-state index contributed by atoms with van der Waals surface area (Å²) in [5.41, 5.74) is -0.605. The fraction of sp³-hybridized carbons (Fsp3) is 0.500. The van der Waals surface area contributed by atoms with E-state index in [-0.39, 0.29) is 16.3 Å². The smallest absolute Gasteiger partial charge is 0.326 e. The number of benzene rings is 1. The van der Waals surface area contributed by atoms with Gasteiger partial charge in [-0.3, -0.25) is 9.59 Å². The second-order valence-electron chi connectivity index (χ2n) is 7.44. The number of carbonyl (C=O) groups is 3. The quantitative estimate of drug-likeness (QED) is 0.740. The molecular weight excluding hydrogens is 360 g/mol. The zero-order valence-electron chi connectivity index (χ0n) is 15.0. The Morgan fingerprint density at radius 1 is 1.31 bits per heavy atom. The Morgan fingerprint density at radius 3 is 2.54 bits per heavy atom. The van der Waals surface area contributed by atoms with E-state index in [0.717, 1.165) is 0 Å². The molecule has 1 heterocycles. The first-order valence-corrected chi connectivity index (χ1v) is 8.73. The number of nitrogens with zero attached hydrogens (tertiary/aromatic N) is 1. The van der Waals surface area contributed by atoms with Crippen molar-refractivity contribution in [1.29, 1.82) is 0 Å². The van der Waals surface area contributed by atoms with E-state index in [1.807, 2.05) is 0 Å². The van der Waals surface area contributed by atoms with Crippen LogP contribution in [0.3, 0.4) is 0 Å². The van der Waals surface area contributed by atoms with Crippen molar-refractivity contribution >= 4 is 29.4 Å². The summed E-state index contributed by atoms with van der Waals surface area (Å²) >= 11 is 5.97. The number of likely N-dealkylation sites (tertiary alicyclic amines) is 1. The van der Waals surface area contributed by atoms with E-state index in [4.69, 9.17) is 11.6 Å². The Kier molecular flexibility index (Phi) is 5.81. The first kappa shape index (κ1) is 20.0. The van der Waals surface area contributed by atoms with Gasteiger partial charge in [-0.1, -0.05) is 38.4 Å². The van der Waals surface area contributed by atoms with Crippen LogP contribution in [-0.4, -0.2) is 51.5 Å². The van der Waals surface area contributed by atoms with Gasteiger partial charge in [0, 0.05) is 6.54 Å². The minimum atomic E-state index is -1.05. The largest absolute Gasteiger partial charge is 0.506 e. The second kappa shape index (κ2) is 7.53. The average molecular weight is 383 g/mol. The van der Waals surface area contributed by atoms with Crippen LogP contribution in [0.4, 0.5) is 0 Å². The van der Waals surface area contributed by atoms with Crippen LogP contribution in [0.5, 0.6) is 5.75 Å². The Balaban J connectivity index is 2.28. The van der Waals surface area contributed by atoms with E-state index in [1.165, 1.54) is 23.1 Å². The number of phenols is 1. The molecule has 2 amide bonds. The highest BCUT2D eigenvalue weighted by atomic mass is 35.5. The number of nitrogens with one attached hydrogen (secondary N) is 1. The van der Waals surface area contributed by atoms with Gasteiger partial charge in [-0.25, -0.2) is 4.79 Å². The number of halogens is 1. The van der Waals surface area contributed by atoms with E-state index in [9.17, 15) is 24.6 Å². The van der Waals surface area contributed by atoms with Crippen LogP contribution < -0.4 is 5.32 Å². The van der Waals surface area contributed by atoms with Gasteiger partial charge < -0.3 is 20.4 Å². The molecule has 0 saturated carbocycles. The average Bonchev–Trinajstić information content (AvgIpc) is 3.03. The predicted molar refractivity (Wildman–Crippen MR) is 96.2 cm³/mol. The normalized spacial score (nSPS) is 18.5. The summed E-state index contributed by atoms with van der Waals surface area (Å²) in [6.45, 7) is 5.69. The van der Waals surface area contributed by atoms with E-state index < -0.39 is 35.3 Å². The molecule has 142 valence electrons. The molecule has 2 rings (SSSR count). The summed E-state index contributed by atoms with van der Waals surface area (Å²) in [5.74, 6) is -2.33. The Hall–Kier alpha value is -2.28. The number of aromatic hydroxyl groups is 1. The topological polar surface area (TPSA) is 107 Å². The zero-order valence-corrected chi connectivity index (χ0v) is 15.7. The standard InChI is InChI=1S/C18H23ClN2O5/c1-18(2,3)14(16(24)21-9-5-7-11(21)17(25)26)20-15(23)10-6-4-8-12(22)13(10)19/h4,6,8,11,14,22H,5,7,9H2,1-3H3,(H,20,23)(H,25,26)/t11-,14+/m0/s1. The van der Waals surface area contributed by atoms with Gasteiger partial charge in [-0.15, -0.1) is 0 Å².